The number of imidazole rings is 1. The highest BCUT2D eigenvalue weighted by Gasteiger charge is 2.28. The normalized spacial score (nSPS) is 19.6. The van der Waals surface area contributed by atoms with E-state index in [0.29, 0.717) is 0 Å². The van der Waals surface area contributed by atoms with Gasteiger partial charge in [-0.1, -0.05) is 19.3 Å². The van der Waals surface area contributed by atoms with Crippen LogP contribution in [0.1, 0.15) is 37.9 Å². The van der Waals surface area contributed by atoms with Crippen molar-refractivity contribution >= 4 is 11.2 Å². The van der Waals surface area contributed by atoms with Crippen molar-refractivity contribution in [2.45, 2.75) is 44.1 Å². The van der Waals surface area contributed by atoms with E-state index >= 15 is 0 Å². The molecule has 1 aliphatic rings. The number of fused-ring (bicyclic) bond motifs is 1. The van der Waals surface area contributed by atoms with Crippen LogP contribution in [0.15, 0.2) is 12.5 Å². The summed E-state index contributed by atoms with van der Waals surface area (Å²) in [4.78, 5) is 15.8. The second-order valence-corrected chi connectivity index (χ2v) is 5.04. The molecule has 2 aromatic heterocycles. The first-order valence-electron chi connectivity index (χ1n) is 6.19. The third-order valence-electron chi connectivity index (χ3n) is 3.58. The zero-order valence-electron chi connectivity index (χ0n) is 9.82. The average molecular weight is 231 g/mol. The first-order valence-corrected chi connectivity index (χ1v) is 6.19. The van der Waals surface area contributed by atoms with Crippen molar-refractivity contribution in [2.24, 2.45) is 5.73 Å². The second-order valence-electron chi connectivity index (χ2n) is 5.04. The molecule has 0 aliphatic heterocycles. The zero-order chi connectivity index (χ0) is 11.7. The Balaban J connectivity index is 1.84. The van der Waals surface area contributed by atoms with Crippen LogP contribution in [0.5, 0.6) is 0 Å². The number of hydrogen-bond acceptors (Lipinski definition) is 4. The molecule has 5 nitrogen and oxygen atoms in total. The van der Waals surface area contributed by atoms with Gasteiger partial charge in [-0.05, 0) is 12.8 Å². The predicted octanol–water partition coefficient (Wildman–Crippen LogP) is 1.56. The second kappa shape index (κ2) is 4.07. The molecule has 1 aliphatic carbocycles. The monoisotopic (exact) mass is 231 g/mol. The van der Waals surface area contributed by atoms with E-state index in [0.717, 1.165) is 36.3 Å². The lowest BCUT2D eigenvalue weighted by Gasteiger charge is -2.32. The largest absolute Gasteiger partial charge is 0.339 e. The Hall–Kier alpha value is -1.49. The maximum absolute atomic E-state index is 6.42. The summed E-state index contributed by atoms with van der Waals surface area (Å²) in [6, 6.07) is 0. The molecule has 90 valence electrons. The number of nitrogens with zero attached hydrogens (tertiary/aromatic N) is 3. The Labute approximate surface area is 99.9 Å². The molecule has 0 bridgehead atoms. The van der Waals surface area contributed by atoms with Crippen LogP contribution in [-0.2, 0) is 6.42 Å². The summed E-state index contributed by atoms with van der Waals surface area (Å²) in [5.41, 5.74) is 7.95. The van der Waals surface area contributed by atoms with Crippen LogP contribution in [0, 0.1) is 0 Å². The molecule has 0 atom stereocenters. The van der Waals surface area contributed by atoms with E-state index in [1.54, 1.807) is 6.20 Å². The van der Waals surface area contributed by atoms with E-state index in [2.05, 4.69) is 19.9 Å². The van der Waals surface area contributed by atoms with Crippen molar-refractivity contribution in [1.29, 1.82) is 0 Å². The summed E-state index contributed by atoms with van der Waals surface area (Å²) >= 11 is 0. The lowest BCUT2D eigenvalue weighted by Crippen LogP contribution is -2.44. The highest BCUT2D eigenvalue weighted by molar-refractivity contribution is 5.68. The minimum absolute atomic E-state index is 0.0838. The molecular formula is C12H17N5. The number of aromatic nitrogens is 4. The SMILES string of the molecule is NC1(Cc2nc3ncncc3[nH]2)CCCCC1. The molecule has 3 N–H and O–H groups in total. The summed E-state index contributed by atoms with van der Waals surface area (Å²) in [5, 5.41) is 0. The van der Waals surface area contributed by atoms with E-state index in [9.17, 15) is 0 Å². The Bertz CT molecular complexity index is 479. The molecule has 0 amide bonds. The number of rotatable bonds is 2. The van der Waals surface area contributed by atoms with Gasteiger partial charge in [-0.25, -0.2) is 15.0 Å². The minimum atomic E-state index is -0.0838. The predicted molar refractivity (Wildman–Crippen MR) is 65.4 cm³/mol. The van der Waals surface area contributed by atoms with Crippen LogP contribution in [0.3, 0.4) is 0 Å². The Kier molecular flexibility index (Phi) is 2.55. The van der Waals surface area contributed by atoms with Gasteiger partial charge in [0.05, 0.1) is 6.20 Å². The van der Waals surface area contributed by atoms with Gasteiger partial charge in [-0.15, -0.1) is 0 Å². The number of aromatic amines is 1. The van der Waals surface area contributed by atoms with E-state index in [-0.39, 0.29) is 5.54 Å². The van der Waals surface area contributed by atoms with E-state index in [1.807, 2.05) is 0 Å². The van der Waals surface area contributed by atoms with Gasteiger partial charge >= 0.3 is 0 Å². The zero-order valence-corrected chi connectivity index (χ0v) is 9.82. The number of nitrogens with one attached hydrogen (secondary N) is 1. The van der Waals surface area contributed by atoms with Crippen molar-refractivity contribution < 1.29 is 0 Å². The van der Waals surface area contributed by atoms with Crippen LogP contribution >= 0.6 is 0 Å². The molecule has 0 saturated heterocycles. The van der Waals surface area contributed by atoms with Crippen molar-refractivity contribution in [2.75, 3.05) is 0 Å². The van der Waals surface area contributed by atoms with Crippen LogP contribution in [0.2, 0.25) is 0 Å². The Morgan fingerprint density at radius 2 is 2.12 bits per heavy atom. The number of nitrogens with two attached hydrogens (primary N) is 1. The highest BCUT2D eigenvalue weighted by atomic mass is 15.0. The van der Waals surface area contributed by atoms with Gasteiger partial charge in [0.1, 0.15) is 17.7 Å². The fourth-order valence-corrected chi connectivity index (χ4v) is 2.66. The molecule has 0 aromatic carbocycles. The summed E-state index contributed by atoms with van der Waals surface area (Å²) in [7, 11) is 0. The first-order chi connectivity index (χ1) is 8.25. The van der Waals surface area contributed by atoms with Gasteiger partial charge in [-0.2, -0.15) is 0 Å². The molecule has 1 saturated carbocycles. The van der Waals surface area contributed by atoms with Crippen molar-refractivity contribution in [1.82, 2.24) is 19.9 Å². The van der Waals surface area contributed by atoms with Crippen LogP contribution < -0.4 is 5.73 Å². The molecule has 5 heteroatoms. The Morgan fingerprint density at radius 3 is 2.88 bits per heavy atom. The molecule has 0 unspecified atom stereocenters. The highest BCUT2D eigenvalue weighted by Crippen LogP contribution is 2.28. The topological polar surface area (TPSA) is 80.5 Å². The summed E-state index contributed by atoms with van der Waals surface area (Å²) < 4.78 is 0. The molecule has 2 heterocycles. The number of H-pyrrole nitrogens is 1. The lowest BCUT2D eigenvalue weighted by atomic mass is 9.80. The quantitative estimate of drug-likeness (QED) is 0.821. The third kappa shape index (κ3) is 2.15. The maximum atomic E-state index is 6.42. The minimum Gasteiger partial charge on any atom is -0.339 e. The van der Waals surface area contributed by atoms with E-state index in [1.165, 1.54) is 25.6 Å². The van der Waals surface area contributed by atoms with Gasteiger partial charge in [0.15, 0.2) is 5.65 Å². The van der Waals surface area contributed by atoms with Crippen LogP contribution in [0.25, 0.3) is 11.2 Å². The van der Waals surface area contributed by atoms with E-state index < -0.39 is 0 Å². The average Bonchev–Trinajstić information content (AvgIpc) is 2.71. The molecule has 0 radical (unpaired) electrons. The van der Waals surface area contributed by atoms with Gasteiger partial charge in [0.2, 0.25) is 0 Å². The standard InChI is InChI=1S/C12H17N5/c13-12(4-2-1-3-5-12)6-10-16-9-7-14-8-15-11(9)17-10/h7-8H,1-6,13H2,(H,14,15,16,17). The summed E-state index contributed by atoms with van der Waals surface area (Å²) in [5.74, 6) is 0.935. The molecular weight excluding hydrogens is 214 g/mol. The summed E-state index contributed by atoms with van der Waals surface area (Å²) in [6.07, 6.45) is 10.0. The Morgan fingerprint density at radius 1 is 1.29 bits per heavy atom. The first kappa shape index (κ1) is 10.7. The van der Waals surface area contributed by atoms with E-state index in [4.69, 9.17) is 5.73 Å². The van der Waals surface area contributed by atoms with Crippen LogP contribution in [-0.4, -0.2) is 25.5 Å². The maximum Gasteiger partial charge on any atom is 0.180 e. The molecule has 2 aromatic rings. The lowest BCUT2D eigenvalue weighted by molar-refractivity contribution is 0.290. The summed E-state index contributed by atoms with van der Waals surface area (Å²) in [6.45, 7) is 0. The van der Waals surface area contributed by atoms with Gasteiger partial charge < -0.3 is 10.7 Å². The van der Waals surface area contributed by atoms with Crippen molar-refractivity contribution in [3.8, 4) is 0 Å². The third-order valence-corrected chi connectivity index (χ3v) is 3.58. The number of hydrogen-bond donors (Lipinski definition) is 2. The fraction of sp³-hybridized carbons (Fsp3) is 0.583. The van der Waals surface area contributed by atoms with Crippen molar-refractivity contribution in [3.63, 3.8) is 0 Å². The molecule has 3 rings (SSSR count). The smallest absolute Gasteiger partial charge is 0.180 e. The van der Waals surface area contributed by atoms with Gasteiger partial charge in [-0.3, -0.25) is 0 Å². The molecule has 0 spiro atoms. The molecule has 1 fully saturated rings. The van der Waals surface area contributed by atoms with Gasteiger partial charge in [0.25, 0.3) is 0 Å². The molecule has 17 heavy (non-hydrogen) atoms. The van der Waals surface area contributed by atoms with Crippen molar-refractivity contribution in [3.05, 3.63) is 18.3 Å². The van der Waals surface area contributed by atoms with Crippen LogP contribution in [0.4, 0.5) is 0 Å². The van der Waals surface area contributed by atoms with Gasteiger partial charge in [0, 0.05) is 12.0 Å². The fourth-order valence-electron chi connectivity index (χ4n) is 2.66.